The van der Waals surface area contributed by atoms with Crippen molar-refractivity contribution in [2.75, 3.05) is 5.73 Å². The van der Waals surface area contributed by atoms with Crippen molar-refractivity contribution in [2.24, 2.45) is 7.05 Å². The number of amides is 1. The van der Waals surface area contributed by atoms with Gasteiger partial charge in [0.15, 0.2) is 5.65 Å². The first-order chi connectivity index (χ1) is 14.4. The van der Waals surface area contributed by atoms with Crippen molar-refractivity contribution in [2.45, 2.75) is 13.8 Å². The molecular weight excluding hydrogens is 382 g/mol. The summed E-state index contributed by atoms with van der Waals surface area (Å²) >= 11 is 0. The number of aromatic hydroxyl groups is 1. The van der Waals surface area contributed by atoms with E-state index in [1.807, 2.05) is 13.1 Å². The molecule has 0 fully saturated rings. The molecule has 0 atom stereocenters. The van der Waals surface area contributed by atoms with Gasteiger partial charge in [0, 0.05) is 24.4 Å². The van der Waals surface area contributed by atoms with Gasteiger partial charge in [0.1, 0.15) is 17.9 Å². The Morgan fingerprint density at radius 2 is 2.00 bits per heavy atom. The lowest BCUT2D eigenvalue weighted by Crippen LogP contribution is -2.22. The van der Waals surface area contributed by atoms with Crippen LogP contribution in [0.1, 0.15) is 32.7 Å². The number of benzene rings is 1. The molecule has 1 aliphatic heterocycles. The summed E-state index contributed by atoms with van der Waals surface area (Å²) in [7, 11) is 1.81. The van der Waals surface area contributed by atoms with E-state index in [-0.39, 0.29) is 17.5 Å². The van der Waals surface area contributed by atoms with Crippen LogP contribution in [0, 0.1) is 13.8 Å². The largest absolute Gasteiger partial charge is 0.508 e. The molecule has 5 rings (SSSR count). The van der Waals surface area contributed by atoms with Crippen LogP contribution < -0.4 is 11.1 Å². The number of aryl methyl sites for hydroxylation is 2. The van der Waals surface area contributed by atoms with Crippen LogP contribution in [0.5, 0.6) is 5.75 Å². The smallest absolute Gasteiger partial charge is 0.260 e. The molecule has 30 heavy (non-hydrogen) atoms. The van der Waals surface area contributed by atoms with Gasteiger partial charge in [-0.25, -0.2) is 9.97 Å². The fraction of sp³-hybridized carbons (Fsp3) is 0.143. The number of rotatable bonds is 2. The highest BCUT2D eigenvalue weighted by atomic mass is 16.3. The van der Waals surface area contributed by atoms with E-state index in [1.54, 1.807) is 47.6 Å². The number of hydrogen-bond donors (Lipinski definition) is 3. The van der Waals surface area contributed by atoms with E-state index in [0.29, 0.717) is 39.2 Å². The first-order valence-electron chi connectivity index (χ1n) is 9.33. The van der Waals surface area contributed by atoms with Gasteiger partial charge in [-0.1, -0.05) is 6.07 Å². The number of carbonyl (C=O) groups excluding carboxylic acids is 1. The van der Waals surface area contributed by atoms with Crippen molar-refractivity contribution in [3.63, 3.8) is 0 Å². The Kier molecular flexibility index (Phi) is 3.69. The number of nitrogens with zero attached hydrogens (tertiary/aromatic N) is 5. The first-order valence-corrected chi connectivity index (χ1v) is 9.33. The number of nitrogens with one attached hydrogen (secondary N) is 1. The second kappa shape index (κ2) is 6.18. The van der Waals surface area contributed by atoms with E-state index in [4.69, 9.17) is 5.73 Å². The number of nitrogen functional groups attached to an aromatic ring is 1. The lowest BCUT2D eigenvalue weighted by molar-refractivity contribution is 0.0976. The number of phenolic OH excluding ortho intramolecular Hbond substituents is 1. The van der Waals surface area contributed by atoms with Gasteiger partial charge in [-0.15, -0.1) is 0 Å². The molecule has 0 bridgehead atoms. The van der Waals surface area contributed by atoms with Crippen LogP contribution >= 0.6 is 0 Å². The average molecular weight is 401 g/mol. The minimum atomic E-state index is -0.352. The van der Waals surface area contributed by atoms with Crippen molar-refractivity contribution in [1.29, 1.82) is 0 Å². The van der Waals surface area contributed by atoms with Crippen molar-refractivity contribution >= 4 is 34.5 Å². The van der Waals surface area contributed by atoms with Crippen LogP contribution in [0.3, 0.4) is 0 Å². The Labute approximate surface area is 171 Å². The quantitative estimate of drug-likeness (QED) is 0.473. The lowest BCUT2D eigenvalue weighted by atomic mass is 10.1. The van der Waals surface area contributed by atoms with Gasteiger partial charge in [-0.3, -0.25) is 14.0 Å². The third-order valence-corrected chi connectivity index (χ3v) is 5.42. The van der Waals surface area contributed by atoms with Gasteiger partial charge >= 0.3 is 0 Å². The van der Waals surface area contributed by atoms with Gasteiger partial charge in [-0.05, 0) is 31.6 Å². The predicted molar refractivity (Wildman–Crippen MR) is 113 cm³/mol. The zero-order valence-electron chi connectivity index (χ0n) is 16.6. The van der Waals surface area contributed by atoms with Gasteiger partial charge < -0.3 is 16.2 Å². The minimum absolute atomic E-state index is 0.142. The second-order valence-electron chi connectivity index (χ2n) is 7.34. The number of phenols is 1. The third kappa shape index (κ3) is 2.41. The summed E-state index contributed by atoms with van der Waals surface area (Å²) in [6.07, 6.45) is 6.71. The molecule has 0 aliphatic carbocycles. The van der Waals surface area contributed by atoms with Crippen LogP contribution in [0.2, 0.25) is 0 Å². The van der Waals surface area contributed by atoms with E-state index in [1.165, 1.54) is 6.33 Å². The monoisotopic (exact) mass is 401 g/mol. The van der Waals surface area contributed by atoms with E-state index < -0.39 is 0 Å². The molecule has 1 aliphatic rings. The predicted octanol–water partition coefficient (Wildman–Crippen LogP) is 2.30. The number of carbonyl (C=O) groups is 1. The fourth-order valence-corrected chi connectivity index (χ4v) is 3.96. The molecule has 9 nitrogen and oxygen atoms in total. The normalized spacial score (nSPS) is 13.3. The molecular formula is C21H19N7O2. The third-order valence-electron chi connectivity index (χ3n) is 5.42. The van der Waals surface area contributed by atoms with Crippen LogP contribution in [-0.4, -0.2) is 35.3 Å². The number of aromatic nitrogens is 5. The molecule has 0 spiro atoms. The number of hydrogen-bond acceptors (Lipinski definition) is 6. The Balaban J connectivity index is 1.85. The molecule has 150 valence electrons. The maximum Gasteiger partial charge on any atom is 0.260 e. The van der Waals surface area contributed by atoms with Crippen LogP contribution in [0.4, 0.5) is 5.82 Å². The van der Waals surface area contributed by atoms with Gasteiger partial charge in [0.2, 0.25) is 0 Å². The van der Waals surface area contributed by atoms with Crippen LogP contribution in [0.15, 0.2) is 30.9 Å². The highest BCUT2D eigenvalue weighted by molar-refractivity contribution is 6.18. The summed E-state index contributed by atoms with van der Waals surface area (Å²) < 4.78 is 3.37. The van der Waals surface area contributed by atoms with Gasteiger partial charge in [0.25, 0.3) is 5.91 Å². The zero-order chi connectivity index (χ0) is 21.2. The Morgan fingerprint density at radius 3 is 2.73 bits per heavy atom. The summed E-state index contributed by atoms with van der Waals surface area (Å²) in [6.45, 7) is 3.72. The minimum Gasteiger partial charge on any atom is -0.508 e. The van der Waals surface area contributed by atoms with Crippen molar-refractivity contribution in [1.82, 2.24) is 29.6 Å². The summed E-state index contributed by atoms with van der Waals surface area (Å²) in [5.74, 6) is 0.0280. The Bertz CT molecular complexity index is 1390. The van der Waals surface area contributed by atoms with E-state index >= 15 is 0 Å². The SMILES string of the molecule is Cc1ccc(O)c(C)c1-n1c(N)c2c3c(ncnc31)C=C(c1cnn(C)c1)NC2=O. The van der Waals surface area contributed by atoms with E-state index in [0.717, 1.165) is 11.1 Å². The molecule has 1 amide bonds. The highest BCUT2D eigenvalue weighted by Crippen LogP contribution is 2.38. The fourth-order valence-electron chi connectivity index (χ4n) is 3.96. The number of nitrogens with two attached hydrogens (primary N) is 1. The molecule has 4 heterocycles. The molecule has 0 saturated carbocycles. The second-order valence-corrected chi connectivity index (χ2v) is 7.34. The van der Waals surface area contributed by atoms with Gasteiger partial charge in [0.05, 0.1) is 34.2 Å². The number of anilines is 1. The van der Waals surface area contributed by atoms with E-state index in [2.05, 4.69) is 20.4 Å². The molecule has 3 aromatic heterocycles. The maximum atomic E-state index is 13.2. The standard InChI is InChI=1S/C21H19N7O2/c1-10-4-5-15(29)11(2)18(10)28-19(22)17-16-14(23-9-24-20(16)28)6-13(26-21(17)30)12-7-25-27(3)8-12/h4-9,29H,22H2,1-3H3,(H,26,30). The van der Waals surface area contributed by atoms with E-state index in [9.17, 15) is 9.90 Å². The Hall–Kier alpha value is -4.14. The average Bonchev–Trinajstić information content (AvgIpc) is 3.22. The zero-order valence-corrected chi connectivity index (χ0v) is 16.6. The summed E-state index contributed by atoms with van der Waals surface area (Å²) in [6, 6.07) is 3.44. The molecule has 9 heteroatoms. The van der Waals surface area contributed by atoms with Crippen molar-refractivity contribution in [3.05, 3.63) is 58.8 Å². The maximum absolute atomic E-state index is 13.2. The van der Waals surface area contributed by atoms with Gasteiger partial charge in [-0.2, -0.15) is 5.10 Å². The summed E-state index contributed by atoms with van der Waals surface area (Å²) in [5.41, 5.74) is 11.5. The highest BCUT2D eigenvalue weighted by Gasteiger charge is 2.29. The van der Waals surface area contributed by atoms with Crippen molar-refractivity contribution in [3.8, 4) is 11.4 Å². The first kappa shape index (κ1) is 17.9. The van der Waals surface area contributed by atoms with Crippen molar-refractivity contribution < 1.29 is 9.90 Å². The van der Waals surface area contributed by atoms with Crippen LogP contribution in [-0.2, 0) is 7.05 Å². The molecule has 4 aromatic rings. The molecule has 0 unspecified atom stereocenters. The molecule has 0 radical (unpaired) electrons. The molecule has 1 aromatic carbocycles. The molecule has 0 saturated heterocycles. The summed E-state index contributed by atoms with van der Waals surface area (Å²) in [4.78, 5) is 22.0. The Morgan fingerprint density at radius 1 is 1.20 bits per heavy atom. The van der Waals surface area contributed by atoms with Crippen LogP contribution in [0.25, 0.3) is 28.5 Å². The topological polar surface area (TPSA) is 124 Å². The lowest BCUT2D eigenvalue weighted by Gasteiger charge is -2.15. The molecule has 4 N–H and O–H groups in total. The summed E-state index contributed by atoms with van der Waals surface area (Å²) in [5, 5.41) is 17.9.